The van der Waals surface area contributed by atoms with Crippen molar-refractivity contribution in [3.8, 4) is 17.2 Å². The zero-order chi connectivity index (χ0) is 24.4. The maximum absolute atomic E-state index is 12.9. The van der Waals surface area contributed by atoms with Crippen LogP contribution in [0.2, 0.25) is 0 Å². The van der Waals surface area contributed by atoms with Gasteiger partial charge in [0.25, 0.3) is 5.91 Å². The molecule has 1 atom stereocenters. The van der Waals surface area contributed by atoms with Gasteiger partial charge in [-0.3, -0.25) is 9.59 Å². The Labute approximate surface area is 207 Å². The number of aryl methyl sites for hydroxylation is 2. The van der Waals surface area contributed by atoms with Gasteiger partial charge in [-0.15, -0.1) is 5.10 Å². The highest BCUT2D eigenvalue weighted by Crippen LogP contribution is 2.31. The first-order valence-electron chi connectivity index (χ1n) is 11.4. The topological polar surface area (TPSA) is 103 Å². The standard InChI is InChI=1S/C24H26N6O4S/c1-16-6-5-7-17(2)22(16)30-24(25-26-27-30)35-15-21(31)28-10-12-29(13-11-28)23(32)20-14-33-18-8-3-4-9-19(18)34-20/h3-9,20H,10-15H2,1-2H3/t20-/m1/s1. The average Bonchev–Trinajstić information content (AvgIpc) is 3.34. The fourth-order valence-corrected chi connectivity index (χ4v) is 5.07. The lowest BCUT2D eigenvalue weighted by Gasteiger charge is -2.37. The lowest BCUT2D eigenvalue weighted by atomic mass is 10.1. The average molecular weight is 495 g/mol. The van der Waals surface area contributed by atoms with E-state index in [1.807, 2.05) is 50.2 Å². The van der Waals surface area contributed by atoms with E-state index >= 15 is 0 Å². The third kappa shape index (κ3) is 4.81. The molecule has 1 saturated heterocycles. The highest BCUT2D eigenvalue weighted by atomic mass is 32.2. The number of hydrogen-bond acceptors (Lipinski definition) is 8. The molecule has 11 heteroatoms. The maximum atomic E-state index is 12.9. The van der Waals surface area contributed by atoms with Gasteiger partial charge in [0.05, 0.1) is 11.4 Å². The first-order chi connectivity index (χ1) is 17.0. The Morgan fingerprint density at radius 2 is 1.66 bits per heavy atom. The molecule has 2 aromatic carbocycles. The molecule has 5 rings (SSSR count). The molecule has 0 saturated carbocycles. The third-order valence-electron chi connectivity index (χ3n) is 6.15. The summed E-state index contributed by atoms with van der Waals surface area (Å²) >= 11 is 1.31. The van der Waals surface area contributed by atoms with Crippen molar-refractivity contribution >= 4 is 23.6 Å². The molecule has 0 unspecified atom stereocenters. The highest BCUT2D eigenvalue weighted by Gasteiger charge is 2.33. The number of ether oxygens (including phenoxy) is 2. The summed E-state index contributed by atoms with van der Waals surface area (Å²) in [6, 6.07) is 13.3. The van der Waals surface area contributed by atoms with Crippen molar-refractivity contribution in [1.29, 1.82) is 0 Å². The molecule has 1 fully saturated rings. The largest absolute Gasteiger partial charge is 0.485 e. The number of fused-ring (bicyclic) bond motifs is 1. The van der Waals surface area contributed by atoms with Crippen LogP contribution in [-0.2, 0) is 9.59 Å². The molecule has 1 aromatic heterocycles. The van der Waals surface area contributed by atoms with Crippen LogP contribution in [-0.4, -0.2) is 86.5 Å². The Morgan fingerprint density at radius 3 is 2.40 bits per heavy atom. The van der Waals surface area contributed by atoms with Crippen LogP contribution < -0.4 is 9.47 Å². The van der Waals surface area contributed by atoms with Crippen LogP contribution in [0.15, 0.2) is 47.6 Å². The predicted octanol–water partition coefficient (Wildman–Crippen LogP) is 1.88. The van der Waals surface area contributed by atoms with Crippen LogP contribution in [0.25, 0.3) is 5.69 Å². The fourth-order valence-electron chi connectivity index (χ4n) is 4.29. The normalized spacial score (nSPS) is 17.4. The second-order valence-electron chi connectivity index (χ2n) is 8.47. The molecule has 3 heterocycles. The molecule has 182 valence electrons. The van der Waals surface area contributed by atoms with Gasteiger partial charge < -0.3 is 19.3 Å². The number of benzene rings is 2. The van der Waals surface area contributed by atoms with Gasteiger partial charge in [-0.05, 0) is 47.5 Å². The smallest absolute Gasteiger partial charge is 0.267 e. The quantitative estimate of drug-likeness (QED) is 0.496. The number of carbonyl (C=O) groups is 2. The molecule has 0 bridgehead atoms. The zero-order valence-electron chi connectivity index (χ0n) is 19.6. The van der Waals surface area contributed by atoms with Crippen LogP contribution in [0, 0.1) is 13.8 Å². The minimum absolute atomic E-state index is 0.00988. The Bertz CT molecular complexity index is 1220. The highest BCUT2D eigenvalue weighted by molar-refractivity contribution is 7.99. The van der Waals surface area contributed by atoms with Crippen molar-refractivity contribution in [3.63, 3.8) is 0 Å². The lowest BCUT2D eigenvalue weighted by Crippen LogP contribution is -2.55. The summed E-state index contributed by atoms with van der Waals surface area (Å²) in [4.78, 5) is 29.3. The van der Waals surface area contributed by atoms with Gasteiger partial charge in [0.2, 0.25) is 17.2 Å². The Kier molecular flexibility index (Phi) is 6.58. The Hall–Kier alpha value is -3.60. The second kappa shape index (κ2) is 9.95. The van der Waals surface area contributed by atoms with Gasteiger partial charge in [0, 0.05) is 26.2 Å². The van der Waals surface area contributed by atoms with E-state index in [1.165, 1.54) is 11.8 Å². The molecule has 2 aliphatic heterocycles. The van der Waals surface area contributed by atoms with Gasteiger partial charge in [-0.1, -0.05) is 42.1 Å². The number of carbonyl (C=O) groups excluding carboxylic acids is 2. The summed E-state index contributed by atoms with van der Waals surface area (Å²) in [5.74, 6) is 1.31. The molecule has 0 spiro atoms. The number of tetrazole rings is 1. The van der Waals surface area contributed by atoms with Gasteiger partial charge in [-0.25, -0.2) is 0 Å². The van der Waals surface area contributed by atoms with Gasteiger partial charge in [-0.2, -0.15) is 4.68 Å². The number of nitrogens with zero attached hydrogens (tertiary/aromatic N) is 6. The number of para-hydroxylation sites is 3. The van der Waals surface area contributed by atoms with Crippen molar-refractivity contribution < 1.29 is 19.1 Å². The Morgan fingerprint density at radius 1 is 0.971 bits per heavy atom. The Balaban J connectivity index is 1.14. The number of rotatable bonds is 5. The molecule has 10 nitrogen and oxygen atoms in total. The minimum atomic E-state index is -0.675. The van der Waals surface area contributed by atoms with Crippen LogP contribution >= 0.6 is 11.8 Å². The van der Waals surface area contributed by atoms with Gasteiger partial charge >= 0.3 is 0 Å². The summed E-state index contributed by atoms with van der Waals surface area (Å²) in [7, 11) is 0. The first kappa shape index (κ1) is 23.2. The number of aromatic nitrogens is 4. The molecule has 35 heavy (non-hydrogen) atoms. The molecular weight excluding hydrogens is 468 g/mol. The summed E-state index contributed by atoms with van der Waals surface area (Å²) in [5, 5.41) is 12.6. The fraction of sp³-hybridized carbons (Fsp3) is 0.375. The maximum Gasteiger partial charge on any atom is 0.267 e. The molecule has 2 amide bonds. The van der Waals surface area contributed by atoms with E-state index in [0.29, 0.717) is 42.8 Å². The van der Waals surface area contributed by atoms with E-state index in [2.05, 4.69) is 15.5 Å². The number of thioether (sulfide) groups is 1. The summed E-state index contributed by atoms with van der Waals surface area (Å²) < 4.78 is 13.2. The monoisotopic (exact) mass is 494 g/mol. The van der Waals surface area contributed by atoms with Crippen LogP contribution in [0.1, 0.15) is 11.1 Å². The first-order valence-corrected chi connectivity index (χ1v) is 12.4. The van der Waals surface area contributed by atoms with Crippen molar-refractivity contribution in [2.24, 2.45) is 0 Å². The van der Waals surface area contributed by atoms with Crippen molar-refractivity contribution in [2.45, 2.75) is 25.1 Å². The van der Waals surface area contributed by atoms with E-state index in [0.717, 1.165) is 16.8 Å². The molecule has 3 aromatic rings. The predicted molar refractivity (Wildman–Crippen MR) is 129 cm³/mol. The number of piperazine rings is 1. The summed E-state index contributed by atoms with van der Waals surface area (Å²) in [6.07, 6.45) is -0.675. The summed E-state index contributed by atoms with van der Waals surface area (Å²) in [6.45, 7) is 6.05. The van der Waals surface area contributed by atoms with Crippen molar-refractivity contribution in [2.75, 3.05) is 38.5 Å². The number of hydrogen-bond donors (Lipinski definition) is 0. The molecule has 0 aliphatic carbocycles. The van der Waals surface area contributed by atoms with Crippen molar-refractivity contribution in [1.82, 2.24) is 30.0 Å². The van der Waals surface area contributed by atoms with E-state index in [9.17, 15) is 9.59 Å². The third-order valence-corrected chi connectivity index (χ3v) is 7.05. The van der Waals surface area contributed by atoms with Gasteiger partial charge in [0.15, 0.2) is 11.5 Å². The van der Waals surface area contributed by atoms with Crippen LogP contribution in [0.5, 0.6) is 11.5 Å². The van der Waals surface area contributed by atoms with E-state index < -0.39 is 6.10 Å². The van der Waals surface area contributed by atoms with E-state index in [4.69, 9.17) is 9.47 Å². The summed E-state index contributed by atoms with van der Waals surface area (Å²) in [5.41, 5.74) is 3.04. The minimum Gasteiger partial charge on any atom is -0.485 e. The van der Waals surface area contributed by atoms with Crippen LogP contribution in [0.4, 0.5) is 0 Å². The SMILES string of the molecule is Cc1cccc(C)c1-n1nnnc1SCC(=O)N1CCN(C(=O)[C@H]2COc3ccccc3O2)CC1. The number of amides is 2. The van der Waals surface area contributed by atoms with E-state index in [-0.39, 0.29) is 24.2 Å². The van der Waals surface area contributed by atoms with Crippen LogP contribution in [0.3, 0.4) is 0 Å². The second-order valence-corrected chi connectivity index (χ2v) is 9.42. The zero-order valence-corrected chi connectivity index (χ0v) is 20.4. The van der Waals surface area contributed by atoms with Crippen molar-refractivity contribution in [3.05, 3.63) is 53.6 Å². The van der Waals surface area contributed by atoms with E-state index in [1.54, 1.807) is 20.5 Å². The van der Waals surface area contributed by atoms with Gasteiger partial charge in [0.1, 0.15) is 6.61 Å². The molecule has 2 aliphatic rings. The molecular formula is C24H26N6O4S. The lowest BCUT2D eigenvalue weighted by molar-refractivity contribution is -0.145. The molecule has 0 radical (unpaired) electrons. The molecule has 0 N–H and O–H groups in total.